The van der Waals surface area contributed by atoms with E-state index in [-0.39, 0.29) is 6.09 Å². The van der Waals surface area contributed by atoms with E-state index >= 15 is 0 Å². The van der Waals surface area contributed by atoms with Crippen molar-refractivity contribution in [2.24, 2.45) is 5.92 Å². The average molecular weight is 305 g/mol. The quantitative estimate of drug-likeness (QED) is 0.615. The minimum Gasteiger partial charge on any atom is -0.443 e. The fourth-order valence-electron chi connectivity index (χ4n) is 3.30. The van der Waals surface area contributed by atoms with Gasteiger partial charge in [-0.15, -0.1) is 0 Å². The zero-order valence-corrected chi connectivity index (χ0v) is 14.7. The fraction of sp³-hybridized carbons (Fsp3) is 0.737. The number of nitrogens with zero attached hydrogens (tertiary/aromatic N) is 1. The largest absolute Gasteiger partial charge is 0.443 e. The Morgan fingerprint density at radius 1 is 1.14 bits per heavy atom. The molecule has 2 rings (SSSR count). The highest BCUT2D eigenvalue weighted by molar-refractivity contribution is 5.72. The average Bonchev–Trinajstić information content (AvgIpc) is 2.37. The van der Waals surface area contributed by atoms with Gasteiger partial charge in [0.05, 0.1) is 0 Å². The number of amides is 1. The van der Waals surface area contributed by atoms with E-state index < -0.39 is 5.60 Å². The lowest BCUT2D eigenvalue weighted by Gasteiger charge is -2.34. The first kappa shape index (κ1) is 17.1. The van der Waals surface area contributed by atoms with E-state index in [1.165, 1.54) is 56.2 Å². The zero-order chi connectivity index (χ0) is 16.2. The van der Waals surface area contributed by atoms with Gasteiger partial charge in [0, 0.05) is 11.9 Å². The van der Waals surface area contributed by atoms with Gasteiger partial charge < -0.3 is 4.74 Å². The summed E-state index contributed by atoms with van der Waals surface area (Å²) in [6.07, 6.45) is 13.9. The summed E-state index contributed by atoms with van der Waals surface area (Å²) in [4.78, 5) is 14.4. The van der Waals surface area contributed by atoms with Crippen molar-refractivity contribution in [1.82, 2.24) is 4.90 Å². The van der Waals surface area contributed by atoms with Crippen molar-refractivity contribution in [1.29, 1.82) is 0 Å². The summed E-state index contributed by atoms with van der Waals surface area (Å²) < 4.78 is 5.60. The molecule has 0 aromatic rings. The predicted molar refractivity (Wildman–Crippen MR) is 90.3 cm³/mol. The van der Waals surface area contributed by atoms with Gasteiger partial charge >= 0.3 is 6.09 Å². The second-order valence-corrected chi connectivity index (χ2v) is 7.70. The highest BCUT2D eigenvalue weighted by Gasteiger charge is 2.29. The molecule has 0 unspecified atom stereocenters. The molecular formula is C19H31NO2. The molecule has 0 aromatic carbocycles. The number of ether oxygens (including phenoxy) is 1. The first-order valence-corrected chi connectivity index (χ1v) is 8.76. The highest BCUT2D eigenvalue weighted by atomic mass is 16.6. The van der Waals surface area contributed by atoms with E-state index in [1.54, 1.807) is 4.90 Å². The van der Waals surface area contributed by atoms with Crippen LogP contribution >= 0.6 is 0 Å². The van der Waals surface area contributed by atoms with Crippen LogP contribution in [0.15, 0.2) is 23.5 Å². The molecule has 0 aromatic heterocycles. The maximum Gasteiger partial charge on any atom is 0.418 e. The van der Waals surface area contributed by atoms with Crippen molar-refractivity contribution in [2.75, 3.05) is 0 Å². The normalized spacial score (nSPS) is 21.5. The number of allylic oxidation sites excluding steroid dienone is 3. The molecule has 1 heterocycles. The summed E-state index contributed by atoms with van der Waals surface area (Å²) in [5.74, 6) is 0.497. The van der Waals surface area contributed by atoms with Crippen LogP contribution in [-0.2, 0) is 4.74 Å². The minimum atomic E-state index is -0.456. The van der Waals surface area contributed by atoms with Gasteiger partial charge in [0.25, 0.3) is 0 Å². The minimum absolute atomic E-state index is 0.236. The molecule has 0 spiro atoms. The first-order valence-electron chi connectivity index (χ1n) is 8.76. The van der Waals surface area contributed by atoms with Crippen molar-refractivity contribution in [3.05, 3.63) is 23.5 Å². The highest BCUT2D eigenvalue weighted by Crippen LogP contribution is 2.34. The number of carbonyl (C=O) groups is 1. The molecule has 0 saturated heterocycles. The Labute approximate surface area is 135 Å². The monoisotopic (exact) mass is 305 g/mol. The summed E-state index contributed by atoms with van der Waals surface area (Å²) in [7, 11) is 0. The van der Waals surface area contributed by atoms with E-state index in [4.69, 9.17) is 4.74 Å². The Bertz CT molecular complexity index is 449. The van der Waals surface area contributed by atoms with E-state index in [1.807, 2.05) is 27.0 Å². The van der Waals surface area contributed by atoms with E-state index in [0.29, 0.717) is 5.92 Å². The van der Waals surface area contributed by atoms with Crippen LogP contribution in [0.25, 0.3) is 0 Å². The Morgan fingerprint density at radius 3 is 2.32 bits per heavy atom. The van der Waals surface area contributed by atoms with Gasteiger partial charge in [-0.05, 0) is 52.9 Å². The van der Waals surface area contributed by atoms with Gasteiger partial charge in [-0.1, -0.05) is 43.8 Å². The number of hydrogen-bond acceptors (Lipinski definition) is 2. The molecule has 0 radical (unpaired) electrons. The Morgan fingerprint density at radius 2 is 1.73 bits per heavy atom. The molecule has 0 N–H and O–H groups in total. The van der Waals surface area contributed by atoms with Crippen LogP contribution in [0.5, 0.6) is 0 Å². The van der Waals surface area contributed by atoms with Gasteiger partial charge in [0.2, 0.25) is 0 Å². The molecule has 22 heavy (non-hydrogen) atoms. The van der Waals surface area contributed by atoms with Crippen molar-refractivity contribution in [3.63, 3.8) is 0 Å². The van der Waals surface area contributed by atoms with Gasteiger partial charge in [-0.2, -0.15) is 0 Å². The van der Waals surface area contributed by atoms with Crippen LogP contribution in [0.4, 0.5) is 4.79 Å². The number of hydrogen-bond donors (Lipinski definition) is 0. The van der Waals surface area contributed by atoms with Crippen LogP contribution in [0.1, 0.15) is 79.1 Å². The van der Waals surface area contributed by atoms with E-state index in [0.717, 1.165) is 6.42 Å². The second kappa shape index (κ2) is 7.34. The third-order valence-corrected chi connectivity index (χ3v) is 4.37. The van der Waals surface area contributed by atoms with E-state index in [2.05, 4.69) is 13.0 Å². The molecule has 1 aliphatic carbocycles. The van der Waals surface area contributed by atoms with Crippen LogP contribution in [-0.4, -0.2) is 16.6 Å². The van der Waals surface area contributed by atoms with Crippen molar-refractivity contribution in [2.45, 2.75) is 84.7 Å². The third kappa shape index (κ3) is 4.89. The Hall–Kier alpha value is -1.25. The molecule has 1 amide bonds. The maximum absolute atomic E-state index is 12.6. The number of carbonyl (C=O) groups excluding carboxylic acids is 1. The predicted octanol–water partition coefficient (Wildman–Crippen LogP) is 5.78. The summed E-state index contributed by atoms with van der Waals surface area (Å²) in [5, 5.41) is 0. The molecule has 3 nitrogen and oxygen atoms in total. The third-order valence-electron chi connectivity index (χ3n) is 4.37. The lowest BCUT2D eigenvalue weighted by atomic mass is 9.87. The van der Waals surface area contributed by atoms with Crippen molar-refractivity contribution >= 4 is 6.09 Å². The SMILES string of the molecule is CC1=CN(C(=O)OC(C)(C)C)C(C2CCCCCCC2)=CC1. The maximum atomic E-state index is 12.6. The molecule has 0 atom stereocenters. The molecule has 1 fully saturated rings. The molecular weight excluding hydrogens is 274 g/mol. The Kier molecular flexibility index (Phi) is 5.71. The van der Waals surface area contributed by atoms with Crippen molar-refractivity contribution in [3.8, 4) is 0 Å². The molecule has 0 bridgehead atoms. The van der Waals surface area contributed by atoms with E-state index in [9.17, 15) is 4.79 Å². The summed E-state index contributed by atoms with van der Waals surface area (Å²) in [6.45, 7) is 7.84. The van der Waals surface area contributed by atoms with Gasteiger partial charge in [-0.25, -0.2) is 4.79 Å². The summed E-state index contributed by atoms with van der Waals surface area (Å²) in [5.41, 5.74) is 1.92. The molecule has 3 heteroatoms. The molecule has 1 aliphatic heterocycles. The van der Waals surface area contributed by atoms with Crippen LogP contribution < -0.4 is 0 Å². The zero-order valence-electron chi connectivity index (χ0n) is 14.7. The lowest BCUT2D eigenvalue weighted by molar-refractivity contribution is 0.0360. The van der Waals surface area contributed by atoms with Crippen LogP contribution in [0.3, 0.4) is 0 Å². The number of rotatable bonds is 1. The summed E-state index contributed by atoms with van der Waals surface area (Å²) >= 11 is 0. The molecule has 124 valence electrons. The lowest BCUT2D eigenvalue weighted by Crippen LogP contribution is -2.36. The van der Waals surface area contributed by atoms with Crippen molar-refractivity contribution < 1.29 is 9.53 Å². The fourth-order valence-corrected chi connectivity index (χ4v) is 3.30. The van der Waals surface area contributed by atoms with Crippen LogP contribution in [0.2, 0.25) is 0 Å². The standard InChI is InChI=1S/C19H31NO2/c1-15-12-13-17(16-10-8-6-5-7-9-11-16)20(14-15)18(21)22-19(2,3)4/h13-14,16H,5-12H2,1-4H3. The summed E-state index contributed by atoms with van der Waals surface area (Å²) in [6, 6.07) is 0. The Balaban J connectivity index is 2.14. The first-order chi connectivity index (χ1) is 10.4. The van der Waals surface area contributed by atoms with Gasteiger partial charge in [0.1, 0.15) is 5.60 Å². The topological polar surface area (TPSA) is 29.5 Å². The molecule has 2 aliphatic rings. The molecule has 1 saturated carbocycles. The van der Waals surface area contributed by atoms with Crippen LogP contribution in [0, 0.1) is 5.92 Å². The smallest absolute Gasteiger partial charge is 0.418 e. The second-order valence-electron chi connectivity index (χ2n) is 7.70. The van der Waals surface area contributed by atoms with Gasteiger partial charge in [0.15, 0.2) is 0 Å². The van der Waals surface area contributed by atoms with Gasteiger partial charge in [-0.3, -0.25) is 4.90 Å².